The lowest BCUT2D eigenvalue weighted by Crippen LogP contribution is -2.56. The Hall–Kier alpha value is -2.54. The van der Waals surface area contributed by atoms with Crippen LogP contribution < -0.4 is 0 Å². The van der Waals surface area contributed by atoms with E-state index < -0.39 is 23.8 Å². The number of fused-ring (bicyclic) bond motifs is 1. The van der Waals surface area contributed by atoms with Crippen molar-refractivity contribution in [1.29, 1.82) is 0 Å². The van der Waals surface area contributed by atoms with E-state index in [0.717, 1.165) is 11.3 Å². The van der Waals surface area contributed by atoms with Crippen LogP contribution >= 0.6 is 0 Å². The molecule has 1 unspecified atom stereocenters. The summed E-state index contributed by atoms with van der Waals surface area (Å²) < 4.78 is 4.97. The van der Waals surface area contributed by atoms with Crippen LogP contribution in [0.25, 0.3) is 0 Å². The molecule has 7 heteroatoms. The number of unbranched alkanes of at least 4 members (excludes halogenated alkanes) is 1. The Bertz CT molecular complexity index is 695. The summed E-state index contributed by atoms with van der Waals surface area (Å²) in [5.41, 5.74) is 0.618. The van der Waals surface area contributed by atoms with E-state index in [0.29, 0.717) is 24.2 Å². The zero-order chi connectivity index (χ0) is 18.0. The second-order valence-corrected chi connectivity index (χ2v) is 6.16. The number of nitrogens with zero attached hydrogens (tertiary/aromatic N) is 2. The van der Waals surface area contributed by atoms with Gasteiger partial charge in [-0.3, -0.25) is 29.0 Å². The number of carbonyl (C=O) groups is 4. The van der Waals surface area contributed by atoms with E-state index in [1.165, 1.54) is 4.90 Å². The maximum atomic E-state index is 12.8. The van der Waals surface area contributed by atoms with Crippen molar-refractivity contribution in [2.45, 2.75) is 31.7 Å². The van der Waals surface area contributed by atoms with Gasteiger partial charge in [0, 0.05) is 26.7 Å². The van der Waals surface area contributed by atoms with E-state index in [4.69, 9.17) is 4.74 Å². The van der Waals surface area contributed by atoms with Gasteiger partial charge in [0.25, 0.3) is 17.7 Å². The van der Waals surface area contributed by atoms with Gasteiger partial charge in [-0.15, -0.1) is 0 Å². The topological polar surface area (TPSA) is 84.0 Å². The fraction of sp³-hybridized carbons (Fsp3) is 0.444. The number of ether oxygens (including phenoxy) is 1. The Kier molecular flexibility index (Phi) is 4.94. The second kappa shape index (κ2) is 7.14. The summed E-state index contributed by atoms with van der Waals surface area (Å²) >= 11 is 0. The first kappa shape index (κ1) is 17.3. The normalized spacial score (nSPS) is 20.4. The van der Waals surface area contributed by atoms with Crippen LogP contribution in [-0.2, 0) is 14.3 Å². The predicted molar refractivity (Wildman–Crippen MR) is 87.8 cm³/mol. The molecule has 2 heterocycles. The third kappa shape index (κ3) is 3.07. The maximum absolute atomic E-state index is 12.8. The van der Waals surface area contributed by atoms with Crippen molar-refractivity contribution < 1.29 is 23.9 Å². The number of benzene rings is 1. The van der Waals surface area contributed by atoms with Crippen molar-refractivity contribution in [2.24, 2.45) is 0 Å². The largest absolute Gasteiger partial charge is 0.385 e. The van der Waals surface area contributed by atoms with Gasteiger partial charge < -0.3 is 4.74 Å². The average Bonchev–Trinajstić information content (AvgIpc) is 2.86. The maximum Gasteiger partial charge on any atom is 0.262 e. The molecule has 0 aliphatic carbocycles. The Morgan fingerprint density at radius 2 is 1.68 bits per heavy atom. The average molecular weight is 344 g/mol. The van der Waals surface area contributed by atoms with Crippen molar-refractivity contribution in [3.05, 3.63) is 35.4 Å². The summed E-state index contributed by atoms with van der Waals surface area (Å²) in [6.07, 6.45) is 1.68. The fourth-order valence-electron chi connectivity index (χ4n) is 3.30. The molecular formula is C18H20N2O5. The molecular weight excluding hydrogens is 324 g/mol. The van der Waals surface area contributed by atoms with E-state index in [1.54, 1.807) is 31.4 Å². The standard InChI is InChI=1S/C18H20N2O5/c1-25-11-5-4-10-19-15(21)9-8-14(18(19)24)20-16(22)12-6-2-3-7-13(12)17(20)23/h2-3,6-7,14H,4-5,8-11H2,1H3. The number of carbonyl (C=O) groups excluding carboxylic acids is 4. The first-order valence-corrected chi connectivity index (χ1v) is 8.36. The lowest BCUT2D eigenvalue weighted by Gasteiger charge is -2.34. The molecule has 1 aromatic rings. The van der Waals surface area contributed by atoms with Gasteiger partial charge in [-0.05, 0) is 31.4 Å². The van der Waals surface area contributed by atoms with Gasteiger partial charge in [0.2, 0.25) is 5.91 Å². The first-order valence-electron chi connectivity index (χ1n) is 8.36. The number of imide groups is 2. The van der Waals surface area contributed by atoms with E-state index in [2.05, 4.69) is 0 Å². The Morgan fingerprint density at radius 3 is 2.28 bits per heavy atom. The van der Waals surface area contributed by atoms with Gasteiger partial charge in [-0.2, -0.15) is 0 Å². The minimum Gasteiger partial charge on any atom is -0.385 e. The number of amides is 4. The van der Waals surface area contributed by atoms with Crippen LogP contribution in [0.15, 0.2) is 24.3 Å². The number of rotatable bonds is 6. The highest BCUT2D eigenvalue weighted by Crippen LogP contribution is 2.29. The van der Waals surface area contributed by atoms with Crippen LogP contribution in [0.5, 0.6) is 0 Å². The molecule has 0 spiro atoms. The molecule has 0 radical (unpaired) electrons. The van der Waals surface area contributed by atoms with Gasteiger partial charge in [0.15, 0.2) is 0 Å². The molecule has 2 aliphatic rings. The SMILES string of the molecule is COCCCCN1C(=O)CCC(N2C(=O)c3ccccc3C2=O)C1=O. The second-order valence-electron chi connectivity index (χ2n) is 6.16. The molecule has 132 valence electrons. The van der Waals surface area contributed by atoms with Crippen molar-refractivity contribution in [2.75, 3.05) is 20.3 Å². The monoisotopic (exact) mass is 344 g/mol. The van der Waals surface area contributed by atoms with Crippen molar-refractivity contribution >= 4 is 23.6 Å². The quantitative estimate of drug-likeness (QED) is 0.572. The van der Waals surface area contributed by atoms with Crippen LogP contribution in [0.1, 0.15) is 46.4 Å². The molecule has 7 nitrogen and oxygen atoms in total. The summed E-state index contributed by atoms with van der Waals surface area (Å²) in [4.78, 5) is 52.2. The highest BCUT2D eigenvalue weighted by molar-refractivity contribution is 6.23. The van der Waals surface area contributed by atoms with Gasteiger partial charge in [0.1, 0.15) is 6.04 Å². The lowest BCUT2D eigenvalue weighted by molar-refractivity contribution is -0.151. The zero-order valence-electron chi connectivity index (χ0n) is 14.1. The van der Waals surface area contributed by atoms with Crippen LogP contribution in [0.3, 0.4) is 0 Å². The van der Waals surface area contributed by atoms with Gasteiger partial charge in [0.05, 0.1) is 11.1 Å². The molecule has 0 aromatic heterocycles. The zero-order valence-corrected chi connectivity index (χ0v) is 14.1. The van der Waals surface area contributed by atoms with E-state index in [1.807, 2.05) is 0 Å². The smallest absolute Gasteiger partial charge is 0.262 e. The molecule has 0 saturated carbocycles. The fourth-order valence-corrected chi connectivity index (χ4v) is 3.30. The molecule has 25 heavy (non-hydrogen) atoms. The van der Waals surface area contributed by atoms with Gasteiger partial charge in [-0.25, -0.2) is 0 Å². The van der Waals surface area contributed by atoms with Crippen molar-refractivity contribution in [3.8, 4) is 0 Å². The molecule has 0 bridgehead atoms. The summed E-state index contributed by atoms with van der Waals surface area (Å²) in [6.45, 7) is 0.832. The minimum absolute atomic E-state index is 0.147. The first-order chi connectivity index (χ1) is 12.1. The summed E-state index contributed by atoms with van der Waals surface area (Å²) in [5.74, 6) is -1.65. The third-order valence-corrected chi connectivity index (χ3v) is 4.60. The van der Waals surface area contributed by atoms with Crippen LogP contribution in [-0.4, -0.2) is 59.7 Å². The molecule has 1 saturated heterocycles. The molecule has 4 amide bonds. The Labute approximate surface area is 145 Å². The van der Waals surface area contributed by atoms with E-state index in [9.17, 15) is 19.2 Å². The van der Waals surface area contributed by atoms with Crippen molar-refractivity contribution in [3.63, 3.8) is 0 Å². The van der Waals surface area contributed by atoms with Crippen LogP contribution in [0.4, 0.5) is 0 Å². The lowest BCUT2D eigenvalue weighted by atomic mass is 10.0. The summed E-state index contributed by atoms with van der Waals surface area (Å²) in [6, 6.07) is 5.61. The molecule has 0 N–H and O–H groups in total. The summed E-state index contributed by atoms with van der Waals surface area (Å²) in [7, 11) is 1.59. The number of hydrogen-bond acceptors (Lipinski definition) is 5. The Balaban J connectivity index is 1.77. The van der Waals surface area contributed by atoms with E-state index >= 15 is 0 Å². The molecule has 1 fully saturated rings. The predicted octanol–water partition coefficient (Wildman–Crippen LogP) is 1.23. The number of methoxy groups -OCH3 is 1. The van der Waals surface area contributed by atoms with Gasteiger partial charge >= 0.3 is 0 Å². The van der Waals surface area contributed by atoms with Crippen LogP contribution in [0.2, 0.25) is 0 Å². The van der Waals surface area contributed by atoms with Crippen LogP contribution in [0, 0.1) is 0 Å². The highest BCUT2D eigenvalue weighted by atomic mass is 16.5. The molecule has 2 aliphatic heterocycles. The Morgan fingerprint density at radius 1 is 1.04 bits per heavy atom. The summed E-state index contributed by atoms with van der Waals surface area (Å²) in [5, 5.41) is 0. The highest BCUT2D eigenvalue weighted by Gasteiger charge is 2.46. The molecule has 1 atom stereocenters. The third-order valence-electron chi connectivity index (χ3n) is 4.60. The molecule has 1 aromatic carbocycles. The number of piperidine rings is 1. The number of hydrogen-bond donors (Lipinski definition) is 0. The number of likely N-dealkylation sites (tertiary alicyclic amines) is 1. The van der Waals surface area contributed by atoms with E-state index in [-0.39, 0.29) is 25.3 Å². The van der Waals surface area contributed by atoms with Gasteiger partial charge in [-0.1, -0.05) is 12.1 Å². The molecule has 3 rings (SSSR count). The minimum atomic E-state index is -0.910. The van der Waals surface area contributed by atoms with Crippen molar-refractivity contribution in [1.82, 2.24) is 9.80 Å².